The molecule has 1 amide bonds. The van der Waals surface area contributed by atoms with Crippen LogP contribution in [0.25, 0.3) is 16.2 Å². The lowest BCUT2D eigenvalue weighted by atomic mass is 10.1. The Morgan fingerprint density at radius 3 is 2.77 bits per heavy atom. The van der Waals surface area contributed by atoms with Crippen molar-refractivity contribution in [1.82, 2.24) is 0 Å². The van der Waals surface area contributed by atoms with E-state index < -0.39 is 5.97 Å². The SMILES string of the molecule is CCOC(=O)c1c(NC(=O)/C=C/c2cccc(Cl)c2)sc2ccccc12. The quantitative estimate of drug-likeness (QED) is 0.473. The van der Waals surface area contributed by atoms with Crippen LogP contribution in [0.15, 0.2) is 54.6 Å². The second-order valence-electron chi connectivity index (χ2n) is 5.40. The van der Waals surface area contributed by atoms with Gasteiger partial charge in [-0.3, -0.25) is 4.79 Å². The second kappa shape index (κ2) is 8.17. The van der Waals surface area contributed by atoms with E-state index >= 15 is 0 Å². The zero-order valence-electron chi connectivity index (χ0n) is 14.0. The Hall–Kier alpha value is -2.63. The number of benzene rings is 2. The molecule has 6 heteroatoms. The maximum Gasteiger partial charge on any atom is 0.341 e. The van der Waals surface area contributed by atoms with Gasteiger partial charge in [0.05, 0.1) is 6.61 Å². The van der Waals surface area contributed by atoms with E-state index in [9.17, 15) is 9.59 Å². The summed E-state index contributed by atoms with van der Waals surface area (Å²) in [4.78, 5) is 24.6. The first kappa shape index (κ1) is 18.2. The van der Waals surface area contributed by atoms with Crippen LogP contribution < -0.4 is 5.32 Å². The van der Waals surface area contributed by atoms with Crippen LogP contribution in [0.5, 0.6) is 0 Å². The van der Waals surface area contributed by atoms with Crippen molar-refractivity contribution >= 4 is 56.0 Å². The number of nitrogens with one attached hydrogen (secondary N) is 1. The van der Waals surface area contributed by atoms with Crippen LogP contribution >= 0.6 is 22.9 Å². The highest BCUT2D eigenvalue weighted by Gasteiger charge is 2.20. The Morgan fingerprint density at radius 1 is 1.19 bits per heavy atom. The number of esters is 1. The summed E-state index contributed by atoms with van der Waals surface area (Å²) in [6.07, 6.45) is 3.07. The molecule has 0 aliphatic carbocycles. The smallest absolute Gasteiger partial charge is 0.341 e. The summed E-state index contributed by atoms with van der Waals surface area (Å²) in [7, 11) is 0. The highest BCUT2D eigenvalue weighted by Crippen LogP contribution is 2.36. The third kappa shape index (κ3) is 4.12. The fourth-order valence-corrected chi connectivity index (χ4v) is 3.77. The third-order valence-electron chi connectivity index (χ3n) is 3.59. The summed E-state index contributed by atoms with van der Waals surface area (Å²) in [5, 5.41) is 4.63. The van der Waals surface area contributed by atoms with Gasteiger partial charge in [0, 0.05) is 21.2 Å². The molecule has 1 aromatic heterocycles. The fraction of sp³-hybridized carbons (Fsp3) is 0.100. The van der Waals surface area contributed by atoms with Crippen LogP contribution in [0.3, 0.4) is 0 Å². The normalized spacial score (nSPS) is 11.0. The molecule has 0 saturated heterocycles. The van der Waals surface area contributed by atoms with Gasteiger partial charge in [-0.1, -0.05) is 41.9 Å². The molecule has 1 heterocycles. The van der Waals surface area contributed by atoms with Gasteiger partial charge in [-0.15, -0.1) is 11.3 Å². The molecule has 0 radical (unpaired) electrons. The molecule has 0 aliphatic heterocycles. The summed E-state index contributed by atoms with van der Waals surface area (Å²) >= 11 is 7.28. The Kier molecular flexibility index (Phi) is 5.71. The van der Waals surface area contributed by atoms with Crippen molar-refractivity contribution in [1.29, 1.82) is 0 Å². The van der Waals surface area contributed by atoms with Crippen molar-refractivity contribution in [3.8, 4) is 0 Å². The zero-order chi connectivity index (χ0) is 18.5. The lowest BCUT2D eigenvalue weighted by molar-refractivity contribution is -0.111. The van der Waals surface area contributed by atoms with E-state index in [0.29, 0.717) is 15.6 Å². The minimum atomic E-state index is -0.445. The maximum absolute atomic E-state index is 12.3. The van der Waals surface area contributed by atoms with E-state index in [1.165, 1.54) is 17.4 Å². The van der Waals surface area contributed by atoms with Gasteiger partial charge in [0.2, 0.25) is 5.91 Å². The number of hydrogen-bond donors (Lipinski definition) is 1. The largest absolute Gasteiger partial charge is 0.462 e. The van der Waals surface area contributed by atoms with Gasteiger partial charge in [-0.05, 0) is 36.8 Å². The molecule has 3 aromatic rings. The zero-order valence-corrected chi connectivity index (χ0v) is 15.6. The molecular weight excluding hydrogens is 370 g/mol. The molecule has 0 aliphatic rings. The predicted molar refractivity (Wildman–Crippen MR) is 107 cm³/mol. The van der Waals surface area contributed by atoms with Gasteiger partial charge >= 0.3 is 5.97 Å². The summed E-state index contributed by atoms with van der Waals surface area (Å²) in [5.41, 5.74) is 1.20. The van der Waals surface area contributed by atoms with Gasteiger partial charge in [0.1, 0.15) is 10.6 Å². The van der Waals surface area contributed by atoms with Crippen molar-refractivity contribution in [2.24, 2.45) is 0 Å². The van der Waals surface area contributed by atoms with E-state index in [-0.39, 0.29) is 12.5 Å². The highest BCUT2D eigenvalue weighted by molar-refractivity contribution is 7.23. The Bertz CT molecular complexity index is 994. The molecular formula is C20H16ClNO3S. The van der Waals surface area contributed by atoms with E-state index in [1.807, 2.05) is 36.4 Å². The van der Waals surface area contributed by atoms with Crippen LogP contribution in [0, 0.1) is 0 Å². The summed E-state index contributed by atoms with van der Waals surface area (Å²) < 4.78 is 6.05. The molecule has 3 rings (SSSR count). The number of fused-ring (bicyclic) bond motifs is 1. The first-order chi connectivity index (χ1) is 12.6. The molecule has 0 fully saturated rings. The van der Waals surface area contributed by atoms with E-state index in [1.54, 1.807) is 25.1 Å². The summed E-state index contributed by atoms with van der Waals surface area (Å²) in [5.74, 6) is -0.777. The molecule has 4 nitrogen and oxygen atoms in total. The molecule has 0 bridgehead atoms. The second-order valence-corrected chi connectivity index (χ2v) is 6.89. The number of thiophene rings is 1. The van der Waals surface area contributed by atoms with Crippen molar-refractivity contribution in [2.45, 2.75) is 6.92 Å². The maximum atomic E-state index is 12.3. The van der Waals surface area contributed by atoms with Crippen LogP contribution in [-0.2, 0) is 9.53 Å². The third-order valence-corrected chi connectivity index (χ3v) is 4.91. The topological polar surface area (TPSA) is 55.4 Å². The predicted octanol–water partition coefficient (Wildman–Crippen LogP) is 5.38. The number of halogens is 1. The number of hydrogen-bond acceptors (Lipinski definition) is 4. The van der Waals surface area contributed by atoms with Gasteiger partial charge in [0.15, 0.2) is 0 Å². The Morgan fingerprint density at radius 2 is 2.00 bits per heavy atom. The number of carbonyl (C=O) groups excluding carboxylic acids is 2. The molecule has 0 spiro atoms. The summed E-state index contributed by atoms with van der Waals surface area (Å²) in [6, 6.07) is 14.7. The molecule has 132 valence electrons. The Labute approximate surface area is 160 Å². The standard InChI is InChI=1S/C20H16ClNO3S/c1-2-25-20(24)18-15-8-3-4-9-16(15)26-19(18)22-17(23)11-10-13-6-5-7-14(21)12-13/h3-12H,2H2,1H3,(H,22,23)/b11-10+. The number of rotatable bonds is 5. The minimum absolute atomic E-state index is 0.269. The van der Waals surface area contributed by atoms with Crippen molar-refractivity contribution < 1.29 is 14.3 Å². The fourth-order valence-electron chi connectivity index (χ4n) is 2.48. The van der Waals surface area contributed by atoms with Crippen LogP contribution in [-0.4, -0.2) is 18.5 Å². The number of carbonyl (C=O) groups is 2. The number of anilines is 1. The summed E-state index contributed by atoms with van der Waals surface area (Å²) in [6.45, 7) is 2.02. The Balaban J connectivity index is 1.86. The molecule has 0 saturated carbocycles. The lowest BCUT2D eigenvalue weighted by Gasteiger charge is -2.05. The van der Waals surface area contributed by atoms with Gasteiger partial charge in [0.25, 0.3) is 0 Å². The molecule has 2 aromatic carbocycles. The average molecular weight is 386 g/mol. The monoisotopic (exact) mass is 385 g/mol. The van der Waals surface area contributed by atoms with Crippen molar-refractivity contribution in [3.05, 3.63) is 70.8 Å². The van der Waals surface area contributed by atoms with Crippen LogP contribution in [0.2, 0.25) is 5.02 Å². The highest BCUT2D eigenvalue weighted by atomic mass is 35.5. The van der Waals surface area contributed by atoms with Gasteiger partial charge < -0.3 is 10.1 Å². The van der Waals surface area contributed by atoms with E-state index in [0.717, 1.165) is 15.6 Å². The molecule has 26 heavy (non-hydrogen) atoms. The van der Waals surface area contributed by atoms with Crippen LogP contribution in [0.4, 0.5) is 5.00 Å². The molecule has 0 unspecified atom stereocenters. The van der Waals surface area contributed by atoms with Crippen molar-refractivity contribution in [3.63, 3.8) is 0 Å². The first-order valence-electron chi connectivity index (χ1n) is 8.01. The van der Waals surface area contributed by atoms with E-state index in [4.69, 9.17) is 16.3 Å². The van der Waals surface area contributed by atoms with Crippen LogP contribution in [0.1, 0.15) is 22.8 Å². The molecule has 0 atom stereocenters. The number of ether oxygens (including phenoxy) is 1. The number of amides is 1. The van der Waals surface area contributed by atoms with Gasteiger partial charge in [-0.2, -0.15) is 0 Å². The van der Waals surface area contributed by atoms with Crippen molar-refractivity contribution in [2.75, 3.05) is 11.9 Å². The minimum Gasteiger partial charge on any atom is -0.462 e. The van der Waals surface area contributed by atoms with Gasteiger partial charge in [-0.25, -0.2) is 4.79 Å². The average Bonchev–Trinajstić information content (AvgIpc) is 2.98. The molecule has 1 N–H and O–H groups in total. The first-order valence-corrected chi connectivity index (χ1v) is 9.21. The lowest BCUT2D eigenvalue weighted by Crippen LogP contribution is -2.12. The van der Waals surface area contributed by atoms with E-state index in [2.05, 4.69) is 5.32 Å².